The maximum Gasteiger partial charge on any atom is 0.263 e. The van der Waals surface area contributed by atoms with Crippen LogP contribution in [0.15, 0.2) is 22.6 Å². The predicted molar refractivity (Wildman–Crippen MR) is 324 cm³/mol. The summed E-state index contributed by atoms with van der Waals surface area (Å²) in [5.41, 5.74) is 3.07. The van der Waals surface area contributed by atoms with Gasteiger partial charge in [0.2, 0.25) is 11.8 Å². The van der Waals surface area contributed by atoms with Crippen LogP contribution >= 0.6 is 0 Å². The van der Waals surface area contributed by atoms with Gasteiger partial charge in [0, 0.05) is 41.6 Å². The summed E-state index contributed by atoms with van der Waals surface area (Å²) in [6.07, 6.45) is 42.4. The van der Waals surface area contributed by atoms with Gasteiger partial charge in [-0.3, -0.25) is 0 Å². The highest BCUT2D eigenvalue weighted by molar-refractivity contribution is 5.57. The zero-order chi connectivity index (χ0) is 58.7. The van der Waals surface area contributed by atoms with E-state index >= 15 is 0 Å². The number of methoxy groups -OCH3 is 1. The minimum Gasteiger partial charge on any atom is -0.375 e. The number of nitrogens with zero attached hydrogens (tertiary/aromatic N) is 9. The van der Waals surface area contributed by atoms with E-state index in [0.29, 0.717) is 53.0 Å². The smallest absolute Gasteiger partial charge is 0.263 e. The molecule has 4 N–H and O–H groups in total. The van der Waals surface area contributed by atoms with Crippen LogP contribution in [0, 0.1) is 84.9 Å². The van der Waals surface area contributed by atoms with Gasteiger partial charge in [0.15, 0.2) is 23.3 Å². The van der Waals surface area contributed by atoms with Crippen molar-refractivity contribution in [1.29, 1.82) is 0 Å². The largest absolute Gasteiger partial charge is 0.375 e. The maximum atomic E-state index is 5.57. The Labute approximate surface area is 514 Å². The first kappa shape index (κ1) is 58.9. The third kappa shape index (κ3) is 13.1. The minimum atomic E-state index is 0.318. The predicted octanol–water partition coefficient (Wildman–Crippen LogP) is 12.9. The summed E-state index contributed by atoms with van der Waals surface area (Å²) in [5, 5.41) is 35.8. The zero-order valence-corrected chi connectivity index (χ0v) is 52.9. The van der Waals surface area contributed by atoms with E-state index in [-0.39, 0.29) is 0 Å². The van der Waals surface area contributed by atoms with Gasteiger partial charge in [-0.15, -0.1) is 0 Å². The van der Waals surface area contributed by atoms with Crippen LogP contribution in [0.4, 0.5) is 0 Å². The third-order valence-corrected chi connectivity index (χ3v) is 24.5. The number of aromatic nitrogens is 9. The van der Waals surface area contributed by atoms with E-state index in [1.165, 1.54) is 186 Å². The van der Waals surface area contributed by atoms with E-state index in [0.717, 1.165) is 156 Å². The molecule has 19 heteroatoms. The molecule has 17 saturated carbocycles. The number of ether oxygens (including phenoxy) is 1. The van der Waals surface area contributed by atoms with Gasteiger partial charge in [-0.25, -0.2) is 0 Å². The van der Waals surface area contributed by atoms with Gasteiger partial charge in [-0.1, -0.05) is 52.0 Å². The second-order valence-electron chi connectivity index (χ2n) is 31.7. The summed E-state index contributed by atoms with van der Waals surface area (Å²) in [6.45, 7) is 9.26. The fraction of sp³-hybridized carbons (Fsp3) is 0.838. The summed E-state index contributed by atoms with van der Waals surface area (Å²) in [5.74, 6) is 18.8. The van der Waals surface area contributed by atoms with Gasteiger partial charge in [0.05, 0.1) is 31.9 Å². The molecular weight excluding hydrogens is 1090 g/mol. The molecule has 0 radical (unpaired) electrons. The molecule has 0 atom stereocenters. The molecule has 5 heterocycles. The SMILES string of the molecule is C1CCC(c2nc(CNC34CC5CC(CC(C5)C3)C4)no2)CC1.CCCc1nc(CNC23CC4CC(CC(C4)C2)C3)no1.COCc1nc(CNC23CC4CC(CC(C4)C2)C3)no1.Cc1noc(C)c1-c1nc(CNC23CC4CC(CC(C4)C2)C3)no1. The van der Waals surface area contributed by atoms with Crippen molar-refractivity contribution in [1.82, 2.24) is 67.0 Å². The molecule has 0 saturated heterocycles. The average Bonchev–Trinajstić information content (AvgIpc) is 2.41. The van der Waals surface area contributed by atoms with Gasteiger partial charge in [0.25, 0.3) is 11.8 Å². The molecular formula is C68H101N13O6. The zero-order valence-electron chi connectivity index (χ0n) is 52.9. The topological polar surface area (TPSA) is 239 Å². The fourth-order valence-electron chi connectivity index (χ4n) is 22.7. The summed E-state index contributed by atoms with van der Waals surface area (Å²) in [4.78, 5) is 18.1. The first-order valence-corrected chi connectivity index (χ1v) is 35.1. The van der Waals surface area contributed by atoms with Crippen molar-refractivity contribution in [3.63, 3.8) is 0 Å². The normalized spacial score (nSPS) is 37.7. The van der Waals surface area contributed by atoms with Crippen LogP contribution in [-0.4, -0.2) is 75.0 Å². The monoisotopic (exact) mass is 1200 g/mol. The van der Waals surface area contributed by atoms with E-state index in [1.807, 2.05) is 13.8 Å². The highest BCUT2D eigenvalue weighted by atomic mass is 16.5. The van der Waals surface area contributed by atoms with Crippen LogP contribution in [0.5, 0.6) is 0 Å². The molecule has 17 aliphatic rings. The van der Waals surface area contributed by atoms with Crippen LogP contribution in [0.2, 0.25) is 0 Å². The third-order valence-electron chi connectivity index (χ3n) is 24.5. The number of rotatable bonds is 18. The summed E-state index contributed by atoms with van der Waals surface area (Å²) in [6, 6.07) is 0. The van der Waals surface area contributed by atoms with Crippen molar-refractivity contribution >= 4 is 0 Å². The Morgan fingerprint density at radius 3 is 1.15 bits per heavy atom. The van der Waals surface area contributed by atoms with E-state index in [9.17, 15) is 0 Å². The first-order chi connectivity index (χ1) is 42.4. The molecule has 0 aromatic carbocycles. The number of nitrogens with one attached hydrogen (secondary N) is 4. The molecule has 17 aliphatic carbocycles. The number of hydrogen-bond donors (Lipinski definition) is 4. The quantitative estimate of drug-likeness (QED) is 0.0638. The van der Waals surface area contributed by atoms with Gasteiger partial charge in [-0.05, 0) is 258 Å². The maximum absolute atomic E-state index is 5.57. The summed E-state index contributed by atoms with van der Waals surface area (Å²) < 4.78 is 31.6. The van der Waals surface area contributed by atoms with Gasteiger partial charge in [-0.2, -0.15) is 19.9 Å². The van der Waals surface area contributed by atoms with Crippen LogP contribution in [0.25, 0.3) is 11.5 Å². The average molecular weight is 1200 g/mol. The number of hydrogen-bond acceptors (Lipinski definition) is 19. The van der Waals surface area contributed by atoms with Gasteiger partial charge >= 0.3 is 0 Å². The van der Waals surface area contributed by atoms with Crippen LogP contribution in [0.3, 0.4) is 0 Å². The molecule has 87 heavy (non-hydrogen) atoms. The van der Waals surface area contributed by atoms with Gasteiger partial charge < -0.3 is 48.6 Å². The molecule has 17 fully saturated rings. The Bertz CT molecular complexity index is 2850. The molecule has 474 valence electrons. The number of aryl methyl sites for hydroxylation is 3. The Balaban J connectivity index is 0.0000000980. The lowest BCUT2D eigenvalue weighted by atomic mass is 9.53. The summed E-state index contributed by atoms with van der Waals surface area (Å²) >= 11 is 0. The molecule has 19 nitrogen and oxygen atoms in total. The van der Waals surface area contributed by atoms with E-state index in [1.54, 1.807) is 7.11 Å². The van der Waals surface area contributed by atoms with Crippen molar-refractivity contribution < 1.29 is 27.4 Å². The molecule has 0 aliphatic heterocycles. The Morgan fingerprint density at radius 2 is 0.770 bits per heavy atom. The molecule has 0 amide bonds. The standard InChI is InChI=1S/C19H29N3O.C18H24N4O2.C16H25N3O.C15H23N3O2/c1-2-4-16(5-3-1)18-21-17(22-23-18)12-20-19-9-13-6-14(10-19)8-15(7-13)11-19;1-10-16(11(2)23-21-10)17-20-15(22-24-17)9-19-18-6-12-3-13(7-18)5-14(4-12)8-18;1-2-3-15-18-14(19-20-15)10-17-16-7-11-4-12(8-16)6-13(5-11)9-16;1-19-9-14-17-13(18-20-14)8-16-15-5-10-2-11(6-15)4-12(3-10)7-15/h13-16,20H,1-12H2;12-14,19H,3-9H2,1-2H3;11-13,17H,2-10H2,1H3;10-12,16H,2-9H2,1H3. The molecule has 16 bridgehead atoms. The molecule has 0 spiro atoms. The lowest BCUT2D eigenvalue weighted by Gasteiger charge is -2.57. The second kappa shape index (κ2) is 24.6. The first-order valence-electron chi connectivity index (χ1n) is 35.1. The van der Waals surface area contributed by atoms with Gasteiger partial charge in [0.1, 0.15) is 17.9 Å². The van der Waals surface area contributed by atoms with E-state index in [2.05, 4.69) is 68.9 Å². The molecule has 5 aromatic rings. The highest BCUT2D eigenvalue weighted by Crippen LogP contribution is 2.59. The van der Waals surface area contributed by atoms with Crippen LogP contribution < -0.4 is 21.3 Å². The van der Waals surface area contributed by atoms with Crippen molar-refractivity contribution in [2.24, 2.45) is 71.0 Å². The van der Waals surface area contributed by atoms with Crippen molar-refractivity contribution in [2.75, 3.05) is 7.11 Å². The Morgan fingerprint density at radius 1 is 0.414 bits per heavy atom. The van der Waals surface area contributed by atoms with E-state index < -0.39 is 0 Å². The molecule has 0 unspecified atom stereocenters. The van der Waals surface area contributed by atoms with Crippen molar-refractivity contribution in [2.45, 2.75) is 281 Å². The lowest BCUT2D eigenvalue weighted by molar-refractivity contribution is -0.0211. The van der Waals surface area contributed by atoms with E-state index in [4.69, 9.17) is 32.3 Å². The Kier molecular flexibility index (Phi) is 16.7. The minimum absolute atomic E-state index is 0.318. The molecule has 22 rings (SSSR count). The molecule has 5 aromatic heterocycles. The fourth-order valence-corrected chi connectivity index (χ4v) is 22.7. The van der Waals surface area contributed by atoms with Crippen LogP contribution in [0.1, 0.15) is 258 Å². The van der Waals surface area contributed by atoms with Crippen LogP contribution in [-0.2, 0) is 43.9 Å². The lowest BCUT2D eigenvalue weighted by Crippen LogP contribution is -2.58. The summed E-state index contributed by atoms with van der Waals surface area (Å²) in [7, 11) is 1.64. The van der Waals surface area contributed by atoms with Crippen molar-refractivity contribution in [3.05, 3.63) is 52.4 Å². The second-order valence-corrected chi connectivity index (χ2v) is 31.7. The Hall–Kier alpha value is -4.43. The highest BCUT2D eigenvalue weighted by Gasteiger charge is 2.54. The van der Waals surface area contributed by atoms with Crippen molar-refractivity contribution in [3.8, 4) is 11.5 Å².